The third kappa shape index (κ3) is 4.42. The molecule has 0 radical (unpaired) electrons. The second kappa shape index (κ2) is 8.43. The van der Waals surface area contributed by atoms with E-state index in [4.69, 9.17) is 0 Å². The van der Waals surface area contributed by atoms with Crippen molar-refractivity contribution in [1.82, 2.24) is 9.80 Å². The molecule has 7 nitrogen and oxygen atoms in total. The summed E-state index contributed by atoms with van der Waals surface area (Å²) in [5.41, 5.74) is 0.237. The summed E-state index contributed by atoms with van der Waals surface area (Å²) in [6.07, 6.45) is 7.56. The SMILES string of the molecule is CN(C(=O)c1cccc([N+](=O)[O-])c1)C1CCCC(=O)CCC1N1CC=CC1. The van der Waals surface area contributed by atoms with Crippen LogP contribution in [0.15, 0.2) is 36.4 Å². The number of hydrogen-bond acceptors (Lipinski definition) is 5. The number of ketones is 1. The summed E-state index contributed by atoms with van der Waals surface area (Å²) in [6.45, 7) is 1.66. The van der Waals surface area contributed by atoms with Crippen LogP contribution in [0.25, 0.3) is 0 Å². The lowest BCUT2D eigenvalue weighted by atomic mass is 9.89. The van der Waals surface area contributed by atoms with Crippen LogP contribution in [0.5, 0.6) is 0 Å². The average molecular weight is 371 g/mol. The van der Waals surface area contributed by atoms with Gasteiger partial charge in [0, 0.05) is 62.8 Å². The van der Waals surface area contributed by atoms with Gasteiger partial charge in [-0.3, -0.25) is 24.6 Å². The highest BCUT2D eigenvalue weighted by Crippen LogP contribution is 2.27. The molecule has 1 aliphatic heterocycles. The van der Waals surface area contributed by atoms with Crippen molar-refractivity contribution in [3.63, 3.8) is 0 Å². The van der Waals surface area contributed by atoms with Crippen molar-refractivity contribution in [2.24, 2.45) is 0 Å². The van der Waals surface area contributed by atoms with Gasteiger partial charge in [-0.25, -0.2) is 0 Å². The molecule has 1 aromatic rings. The average Bonchev–Trinajstić information content (AvgIpc) is 3.18. The Morgan fingerprint density at radius 3 is 2.67 bits per heavy atom. The van der Waals surface area contributed by atoms with Gasteiger partial charge in [-0.05, 0) is 25.3 Å². The summed E-state index contributed by atoms with van der Waals surface area (Å²) < 4.78 is 0. The predicted molar refractivity (Wildman–Crippen MR) is 102 cm³/mol. The first-order valence-electron chi connectivity index (χ1n) is 9.39. The Bertz CT molecular complexity index is 753. The maximum atomic E-state index is 13.0. The fourth-order valence-electron chi connectivity index (χ4n) is 4.08. The van der Waals surface area contributed by atoms with Crippen LogP contribution in [0, 0.1) is 10.1 Å². The van der Waals surface area contributed by atoms with Crippen molar-refractivity contribution in [1.29, 1.82) is 0 Å². The summed E-state index contributed by atoms with van der Waals surface area (Å²) in [4.78, 5) is 39.6. The molecule has 2 unspecified atom stereocenters. The smallest absolute Gasteiger partial charge is 0.270 e. The van der Waals surface area contributed by atoms with E-state index < -0.39 is 4.92 Å². The van der Waals surface area contributed by atoms with Gasteiger partial charge in [-0.2, -0.15) is 0 Å². The summed E-state index contributed by atoms with van der Waals surface area (Å²) >= 11 is 0. The first-order chi connectivity index (χ1) is 13.0. The van der Waals surface area contributed by atoms with E-state index >= 15 is 0 Å². The lowest BCUT2D eigenvalue weighted by molar-refractivity contribution is -0.384. The van der Waals surface area contributed by atoms with Gasteiger partial charge >= 0.3 is 0 Å². The quantitative estimate of drug-likeness (QED) is 0.462. The van der Waals surface area contributed by atoms with Crippen LogP contribution in [-0.4, -0.2) is 58.6 Å². The molecule has 1 aromatic carbocycles. The van der Waals surface area contributed by atoms with Crippen LogP contribution in [-0.2, 0) is 4.79 Å². The first-order valence-corrected chi connectivity index (χ1v) is 9.39. The molecule has 1 fully saturated rings. The van der Waals surface area contributed by atoms with Gasteiger partial charge in [0.05, 0.1) is 4.92 Å². The molecule has 27 heavy (non-hydrogen) atoms. The Morgan fingerprint density at radius 2 is 1.96 bits per heavy atom. The van der Waals surface area contributed by atoms with E-state index in [0.717, 1.165) is 32.4 Å². The van der Waals surface area contributed by atoms with Crippen LogP contribution in [0.4, 0.5) is 5.69 Å². The van der Waals surface area contributed by atoms with Crippen molar-refractivity contribution in [3.8, 4) is 0 Å². The Balaban J connectivity index is 1.83. The fraction of sp³-hybridized carbons (Fsp3) is 0.500. The van der Waals surface area contributed by atoms with Gasteiger partial charge in [0.2, 0.25) is 0 Å². The van der Waals surface area contributed by atoms with Gasteiger partial charge in [-0.15, -0.1) is 0 Å². The minimum absolute atomic E-state index is 0.0234. The van der Waals surface area contributed by atoms with Gasteiger partial charge < -0.3 is 4.90 Å². The molecule has 7 heteroatoms. The third-order valence-electron chi connectivity index (χ3n) is 5.56. The van der Waals surface area contributed by atoms with Gasteiger partial charge in [0.25, 0.3) is 11.6 Å². The second-order valence-corrected chi connectivity index (χ2v) is 7.25. The van der Waals surface area contributed by atoms with E-state index in [1.54, 1.807) is 18.0 Å². The number of non-ortho nitro benzene ring substituents is 1. The van der Waals surface area contributed by atoms with Gasteiger partial charge in [-0.1, -0.05) is 18.2 Å². The Hall–Kier alpha value is -2.54. The van der Waals surface area contributed by atoms with E-state index in [2.05, 4.69) is 17.1 Å². The first kappa shape index (κ1) is 19.2. The Kier molecular flexibility index (Phi) is 6.01. The number of hydrogen-bond donors (Lipinski definition) is 0. The molecule has 0 spiro atoms. The number of nitro benzene ring substituents is 1. The standard InChI is InChI=1S/C20H25N3O4/c1-21(20(25)15-6-4-7-16(14-15)23(26)27)18-9-5-8-17(24)10-11-19(18)22-12-2-3-13-22/h2-4,6-7,14,18-19H,5,8-13H2,1H3. The Morgan fingerprint density at radius 1 is 1.22 bits per heavy atom. The molecule has 0 bridgehead atoms. The van der Waals surface area contributed by atoms with E-state index in [9.17, 15) is 19.7 Å². The van der Waals surface area contributed by atoms with E-state index in [0.29, 0.717) is 24.2 Å². The van der Waals surface area contributed by atoms with E-state index in [1.807, 2.05) is 0 Å². The normalized spacial score (nSPS) is 23.7. The molecular weight excluding hydrogens is 346 g/mol. The zero-order chi connectivity index (χ0) is 19.4. The number of nitrogens with zero attached hydrogens (tertiary/aromatic N) is 3. The third-order valence-corrected chi connectivity index (χ3v) is 5.56. The molecule has 0 saturated heterocycles. The molecular formula is C20H25N3O4. The largest absolute Gasteiger partial charge is 0.337 e. The topological polar surface area (TPSA) is 83.8 Å². The fourth-order valence-corrected chi connectivity index (χ4v) is 4.08. The zero-order valence-electron chi connectivity index (χ0n) is 15.5. The van der Waals surface area contributed by atoms with Crippen molar-refractivity contribution in [2.45, 2.75) is 44.2 Å². The summed E-state index contributed by atoms with van der Waals surface area (Å²) in [5.74, 6) is 0.0750. The molecule has 1 amide bonds. The van der Waals surface area contributed by atoms with Crippen molar-refractivity contribution in [2.75, 3.05) is 20.1 Å². The molecule has 1 heterocycles. The Labute approximate surface area is 158 Å². The number of carbonyl (C=O) groups excluding carboxylic acids is 2. The summed E-state index contributed by atoms with van der Waals surface area (Å²) in [6, 6.07) is 5.96. The zero-order valence-corrected chi connectivity index (χ0v) is 15.5. The van der Waals surface area contributed by atoms with E-state index in [-0.39, 0.29) is 23.7 Å². The van der Waals surface area contributed by atoms with Crippen LogP contribution >= 0.6 is 0 Å². The van der Waals surface area contributed by atoms with Crippen LogP contribution in [0.3, 0.4) is 0 Å². The van der Waals surface area contributed by atoms with Gasteiger partial charge in [0.1, 0.15) is 5.78 Å². The molecule has 144 valence electrons. The maximum absolute atomic E-state index is 13.0. The lowest BCUT2D eigenvalue weighted by Crippen LogP contribution is -2.52. The highest BCUT2D eigenvalue weighted by molar-refractivity contribution is 5.95. The number of benzene rings is 1. The van der Waals surface area contributed by atoms with Crippen LogP contribution in [0.2, 0.25) is 0 Å². The molecule has 2 atom stereocenters. The van der Waals surface area contributed by atoms with Crippen molar-refractivity contribution in [3.05, 3.63) is 52.1 Å². The predicted octanol–water partition coefficient (Wildman–Crippen LogP) is 2.81. The highest BCUT2D eigenvalue weighted by Gasteiger charge is 2.34. The van der Waals surface area contributed by atoms with Crippen molar-refractivity contribution < 1.29 is 14.5 Å². The molecule has 1 saturated carbocycles. The number of amides is 1. The minimum Gasteiger partial charge on any atom is -0.337 e. The minimum atomic E-state index is -0.489. The molecule has 2 aliphatic rings. The number of carbonyl (C=O) groups is 2. The van der Waals surface area contributed by atoms with Crippen LogP contribution in [0.1, 0.15) is 42.5 Å². The van der Waals surface area contributed by atoms with Crippen molar-refractivity contribution >= 4 is 17.4 Å². The van der Waals surface area contributed by atoms with Gasteiger partial charge in [0.15, 0.2) is 0 Å². The number of Topliss-reactive ketones (excluding diaryl/α,β-unsaturated/α-hetero) is 1. The lowest BCUT2D eigenvalue weighted by Gasteiger charge is -2.40. The van der Waals surface area contributed by atoms with E-state index in [1.165, 1.54) is 18.2 Å². The second-order valence-electron chi connectivity index (χ2n) is 7.25. The summed E-state index contributed by atoms with van der Waals surface area (Å²) in [7, 11) is 1.77. The molecule has 1 aliphatic carbocycles. The summed E-state index contributed by atoms with van der Waals surface area (Å²) in [5, 5.41) is 11.0. The van der Waals surface area contributed by atoms with Crippen LogP contribution < -0.4 is 0 Å². The molecule has 3 rings (SSSR count). The number of likely N-dealkylation sites (N-methyl/N-ethyl adjacent to an activating group) is 1. The number of rotatable bonds is 4. The molecule has 0 N–H and O–H groups in total. The number of nitro groups is 1. The molecule has 0 aromatic heterocycles. The monoisotopic (exact) mass is 371 g/mol. The maximum Gasteiger partial charge on any atom is 0.270 e. The highest BCUT2D eigenvalue weighted by atomic mass is 16.6.